The van der Waals surface area contributed by atoms with E-state index in [1.54, 1.807) is 24.3 Å². The van der Waals surface area contributed by atoms with Crippen LogP contribution in [0.1, 0.15) is 34.8 Å². The molecule has 5 nitrogen and oxygen atoms in total. The normalized spacial score (nSPS) is 18.9. The van der Waals surface area contributed by atoms with Crippen molar-refractivity contribution in [2.45, 2.75) is 18.9 Å². The highest BCUT2D eigenvalue weighted by atomic mass is 35.5. The van der Waals surface area contributed by atoms with Gasteiger partial charge < -0.3 is 15.5 Å². The third-order valence-corrected chi connectivity index (χ3v) is 5.46. The van der Waals surface area contributed by atoms with Crippen LogP contribution in [0.15, 0.2) is 48.5 Å². The summed E-state index contributed by atoms with van der Waals surface area (Å²) in [6.45, 7) is 2.04. The van der Waals surface area contributed by atoms with Gasteiger partial charge in [0, 0.05) is 41.8 Å². The molecule has 2 amide bonds. The number of hydrogen-bond donors (Lipinski definition) is 2. The SMILES string of the molecule is Cl.O=C(Nc1ccc(C(=O)N2CCNCC2c2ccccc2Cl)cc1)C1CC1. The highest BCUT2D eigenvalue weighted by Gasteiger charge is 2.31. The Morgan fingerprint density at radius 3 is 2.46 bits per heavy atom. The molecular weight excluding hydrogens is 397 g/mol. The minimum atomic E-state index is -0.103. The molecule has 1 heterocycles. The second-order valence-corrected chi connectivity index (χ2v) is 7.49. The fourth-order valence-corrected chi connectivity index (χ4v) is 3.68. The average Bonchev–Trinajstić information content (AvgIpc) is 3.54. The second-order valence-electron chi connectivity index (χ2n) is 7.08. The predicted octanol–water partition coefficient (Wildman–Crippen LogP) is 3.90. The summed E-state index contributed by atoms with van der Waals surface area (Å²) in [5, 5.41) is 6.91. The first-order chi connectivity index (χ1) is 13.1. The molecule has 2 N–H and O–H groups in total. The Morgan fingerprint density at radius 1 is 1.07 bits per heavy atom. The lowest BCUT2D eigenvalue weighted by molar-refractivity contribution is -0.117. The molecule has 0 aromatic heterocycles. The van der Waals surface area contributed by atoms with E-state index in [4.69, 9.17) is 11.6 Å². The maximum absolute atomic E-state index is 13.1. The van der Waals surface area contributed by atoms with Crippen molar-refractivity contribution in [3.05, 3.63) is 64.7 Å². The van der Waals surface area contributed by atoms with E-state index in [9.17, 15) is 9.59 Å². The predicted molar refractivity (Wildman–Crippen MR) is 113 cm³/mol. The van der Waals surface area contributed by atoms with Crippen molar-refractivity contribution in [1.82, 2.24) is 10.2 Å². The molecule has 2 aromatic carbocycles. The number of anilines is 1. The summed E-state index contributed by atoms with van der Waals surface area (Å²) in [5.41, 5.74) is 2.29. The molecular formula is C21H23Cl2N3O2. The number of rotatable bonds is 4. The molecule has 0 radical (unpaired) electrons. The van der Waals surface area contributed by atoms with Gasteiger partial charge in [0.25, 0.3) is 5.91 Å². The minimum Gasteiger partial charge on any atom is -0.329 e. The van der Waals surface area contributed by atoms with E-state index in [-0.39, 0.29) is 36.2 Å². The quantitative estimate of drug-likeness (QED) is 0.789. The van der Waals surface area contributed by atoms with E-state index in [1.165, 1.54) is 0 Å². The first kappa shape index (κ1) is 20.6. The number of nitrogens with one attached hydrogen (secondary N) is 2. The molecule has 148 valence electrons. The van der Waals surface area contributed by atoms with Crippen LogP contribution >= 0.6 is 24.0 Å². The van der Waals surface area contributed by atoms with Gasteiger partial charge in [-0.3, -0.25) is 9.59 Å². The van der Waals surface area contributed by atoms with Gasteiger partial charge in [-0.15, -0.1) is 12.4 Å². The molecule has 1 unspecified atom stereocenters. The minimum absolute atomic E-state index is 0. The first-order valence-corrected chi connectivity index (χ1v) is 9.68. The summed E-state index contributed by atoms with van der Waals surface area (Å²) in [7, 11) is 0. The Kier molecular flexibility index (Phi) is 6.60. The van der Waals surface area contributed by atoms with Crippen LogP contribution in [-0.2, 0) is 4.79 Å². The Morgan fingerprint density at radius 2 is 1.79 bits per heavy atom. The number of piperazine rings is 1. The van der Waals surface area contributed by atoms with Crippen molar-refractivity contribution >= 4 is 41.5 Å². The van der Waals surface area contributed by atoms with Crippen molar-refractivity contribution in [1.29, 1.82) is 0 Å². The van der Waals surface area contributed by atoms with Crippen LogP contribution < -0.4 is 10.6 Å². The molecule has 7 heteroatoms. The van der Waals surface area contributed by atoms with Gasteiger partial charge in [-0.05, 0) is 48.7 Å². The number of amides is 2. The number of hydrogen-bond acceptors (Lipinski definition) is 3. The maximum Gasteiger partial charge on any atom is 0.254 e. The summed E-state index contributed by atoms with van der Waals surface area (Å²) < 4.78 is 0. The fraction of sp³-hybridized carbons (Fsp3) is 0.333. The molecule has 2 fully saturated rings. The van der Waals surface area contributed by atoms with E-state index >= 15 is 0 Å². The molecule has 0 spiro atoms. The van der Waals surface area contributed by atoms with Gasteiger partial charge in [-0.25, -0.2) is 0 Å². The highest BCUT2D eigenvalue weighted by Crippen LogP contribution is 2.31. The van der Waals surface area contributed by atoms with Crippen molar-refractivity contribution in [3.8, 4) is 0 Å². The molecule has 1 aliphatic heterocycles. The second kappa shape index (κ2) is 8.95. The highest BCUT2D eigenvalue weighted by molar-refractivity contribution is 6.31. The van der Waals surface area contributed by atoms with Crippen molar-refractivity contribution in [3.63, 3.8) is 0 Å². The largest absolute Gasteiger partial charge is 0.329 e. The van der Waals surface area contributed by atoms with Crippen LogP contribution in [0.5, 0.6) is 0 Å². The van der Waals surface area contributed by atoms with Gasteiger partial charge in [0.15, 0.2) is 0 Å². The third kappa shape index (κ3) is 4.49. The van der Waals surface area contributed by atoms with E-state index in [2.05, 4.69) is 10.6 Å². The van der Waals surface area contributed by atoms with Crippen molar-refractivity contribution in [2.24, 2.45) is 5.92 Å². The van der Waals surface area contributed by atoms with Gasteiger partial charge in [0.05, 0.1) is 6.04 Å². The number of nitrogens with zero attached hydrogens (tertiary/aromatic N) is 1. The van der Waals surface area contributed by atoms with Gasteiger partial charge in [-0.1, -0.05) is 29.8 Å². The first-order valence-electron chi connectivity index (χ1n) is 9.30. The topological polar surface area (TPSA) is 61.4 Å². The number of carbonyl (C=O) groups excluding carboxylic acids is 2. The van der Waals surface area contributed by atoms with E-state index in [1.807, 2.05) is 29.2 Å². The summed E-state index contributed by atoms with van der Waals surface area (Å²) >= 11 is 6.37. The lowest BCUT2D eigenvalue weighted by atomic mass is 10.0. The third-order valence-electron chi connectivity index (χ3n) is 5.12. The monoisotopic (exact) mass is 419 g/mol. The Labute approximate surface area is 175 Å². The zero-order chi connectivity index (χ0) is 18.8. The molecule has 2 aromatic rings. The maximum atomic E-state index is 13.1. The number of halogens is 2. The van der Waals surface area contributed by atoms with Gasteiger partial charge in [0.1, 0.15) is 0 Å². The number of benzene rings is 2. The van der Waals surface area contributed by atoms with Crippen LogP contribution in [-0.4, -0.2) is 36.3 Å². The molecule has 4 rings (SSSR count). The van der Waals surface area contributed by atoms with Gasteiger partial charge in [-0.2, -0.15) is 0 Å². The Hall–Kier alpha value is -2.08. The smallest absolute Gasteiger partial charge is 0.254 e. The Balaban J connectivity index is 0.00000225. The van der Waals surface area contributed by atoms with Crippen molar-refractivity contribution < 1.29 is 9.59 Å². The Bertz CT molecular complexity index is 853. The molecule has 2 aliphatic rings. The zero-order valence-corrected chi connectivity index (χ0v) is 16.9. The molecule has 1 saturated carbocycles. The van der Waals surface area contributed by atoms with Crippen molar-refractivity contribution in [2.75, 3.05) is 25.0 Å². The number of carbonyl (C=O) groups is 2. The molecule has 1 aliphatic carbocycles. The molecule has 1 atom stereocenters. The summed E-state index contributed by atoms with van der Waals surface area (Å²) in [5.74, 6) is 0.194. The summed E-state index contributed by atoms with van der Waals surface area (Å²) in [6, 6.07) is 14.7. The van der Waals surface area contributed by atoms with E-state index < -0.39 is 0 Å². The summed E-state index contributed by atoms with van der Waals surface area (Å²) in [4.78, 5) is 26.9. The van der Waals surface area contributed by atoms with E-state index in [0.29, 0.717) is 23.7 Å². The standard InChI is InChI=1S/C21H22ClN3O2.ClH/c22-18-4-2-1-3-17(18)19-13-23-11-12-25(19)21(27)15-7-9-16(10-8-15)24-20(26)14-5-6-14;/h1-4,7-10,14,19,23H,5-6,11-13H2,(H,24,26);1H. The zero-order valence-electron chi connectivity index (χ0n) is 15.4. The van der Waals surface area contributed by atoms with E-state index in [0.717, 1.165) is 30.6 Å². The van der Waals surface area contributed by atoms with Crippen LogP contribution in [0.25, 0.3) is 0 Å². The average molecular weight is 420 g/mol. The fourth-order valence-electron chi connectivity index (χ4n) is 3.42. The summed E-state index contributed by atoms with van der Waals surface area (Å²) in [6.07, 6.45) is 1.93. The molecule has 0 bridgehead atoms. The van der Waals surface area contributed by atoms with Gasteiger partial charge >= 0.3 is 0 Å². The molecule has 28 heavy (non-hydrogen) atoms. The van der Waals surface area contributed by atoms with Crippen LogP contribution in [0, 0.1) is 5.92 Å². The lowest BCUT2D eigenvalue weighted by Crippen LogP contribution is -2.48. The molecule has 1 saturated heterocycles. The lowest BCUT2D eigenvalue weighted by Gasteiger charge is -2.37. The van der Waals surface area contributed by atoms with Crippen LogP contribution in [0.4, 0.5) is 5.69 Å². The van der Waals surface area contributed by atoms with Crippen LogP contribution in [0.3, 0.4) is 0 Å². The van der Waals surface area contributed by atoms with Crippen LogP contribution in [0.2, 0.25) is 5.02 Å². The van der Waals surface area contributed by atoms with Gasteiger partial charge in [0.2, 0.25) is 5.91 Å².